The molecule has 1 amide bonds. The number of rotatable bonds is 9. The number of amides is 1. The second-order valence-corrected chi connectivity index (χ2v) is 9.46. The number of sulfonamides is 1. The molecule has 0 aliphatic carbocycles. The first-order valence-electron chi connectivity index (χ1n) is 9.34. The summed E-state index contributed by atoms with van der Waals surface area (Å²) in [5, 5.41) is 3.05. The summed E-state index contributed by atoms with van der Waals surface area (Å²) in [6, 6.07) is 17.8. The van der Waals surface area contributed by atoms with Gasteiger partial charge in [0.2, 0.25) is 0 Å². The Morgan fingerprint density at radius 1 is 1.03 bits per heavy atom. The molecular weight excluding hydrogens is 472 g/mol. The van der Waals surface area contributed by atoms with Crippen LogP contribution in [-0.2, 0) is 14.8 Å². The fourth-order valence-electron chi connectivity index (χ4n) is 2.71. The van der Waals surface area contributed by atoms with E-state index in [2.05, 4.69) is 10.0 Å². The van der Waals surface area contributed by atoms with Crippen molar-refractivity contribution in [1.29, 1.82) is 0 Å². The van der Waals surface area contributed by atoms with Gasteiger partial charge in [0, 0.05) is 10.6 Å². The lowest BCUT2D eigenvalue weighted by molar-refractivity contribution is -0.118. The maximum Gasteiger partial charge on any atom is 0.262 e. The number of hydrogen-bond acceptors (Lipinski definition) is 6. The molecule has 0 aliphatic heterocycles. The van der Waals surface area contributed by atoms with Crippen molar-refractivity contribution >= 4 is 50.7 Å². The van der Waals surface area contributed by atoms with Crippen molar-refractivity contribution in [1.82, 2.24) is 0 Å². The summed E-state index contributed by atoms with van der Waals surface area (Å²) in [5.41, 5.74) is 0.981. The third-order valence-electron chi connectivity index (χ3n) is 4.26. The van der Waals surface area contributed by atoms with E-state index in [1.807, 2.05) is 24.5 Å². The van der Waals surface area contributed by atoms with Crippen LogP contribution in [0.3, 0.4) is 0 Å². The van der Waals surface area contributed by atoms with Gasteiger partial charge in [-0.3, -0.25) is 9.52 Å². The van der Waals surface area contributed by atoms with Crippen molar-refractivity contribution in [3.05, 3.63) is 71.8 Å². The molecule has 0 aromatic heterocycles. The molecule has 3 rings (SSSR count). The van der Waals surface area contributed by atoms with E-state index in [-0.39, 0.29) is 22.4 Å². The van der Waals surface area contributed by atoms with Gasteiger partial charge in [-0.15, -0.1) is 11.8 Å². The third-order valence-corrected chi connectivity index (χ3v) is 6.68. The summed E-state index contributed by atoms with van der Waals surface area (Å²) in [5.74, 6) is 0.486. The van der Waals surface area contributed by atoms with Crippen LogP contribution >= 0.6 is 23.4 Å². The van der Waals surface area contributed by atoms with Gasteiger partial charge in [0.25, 0.3) is 15.9 Å². The highest BCUT2D eigenvalue weighted by atomic mass is 35.5. The van der Waals surface area contributed by atoms with Crippen LogP contribution in [0.4, 0.5) is 11.4 Å². The monoisotopic (exact) mass is 492 g/mol. The number of carbonyl (C=O) groups is 1. The zero-order valence-corrected chi connectivity index (χ0v) is 19.7. The van der Waals surface area contributed by atoms with Gasteiger partial charge in [-0.05, 0) is 66.9 Å². The number of nitrogens with one attached hydrogen (secondary N) is 2. The van der Waals surface area contributed by atoms with Crippen LogP contribution in [0.2, 0.25) is 5.02 Å². The van der Waals surface area contributed by atoms with Crippen LogP contribution in [-0.4, -0.2) is 34.3 Å². The number of ether oxygens (including phenoxy) is 2. The second-order valence-electron chi connectivity index (χ2n) is 6.50. The summed E-state index contributed by atoms with van der Waals surface area (Å²) < 4.78 is 38.2. The number of halogens is 1. The molecule has 0 heterocycles. The maximum absolute atomic E-state index is 12.6. The molecule has 0 radical (unpaired) electrons. The molecule has 7 nitrogen and oxygen atoms in total. The first-order chi connectivity index (χ1) is 15.3. The fourth-order valence-corrected chi connectivity index (χ4v) is 4.47. The molecule has 0 saturated carbocycles. The number of anilines is 2. The normalized spacial score (nSPS) is 11.0. The summed E-state index contributed by atoms with van der Waals surface area (Å²) >= 11 is 7.62. The van der Waals surface area contributed by atoms with Gasteiger partial charge >= 0.3 is 0 Å². The molecule has 10 heteroatoms. The van der Waals surface area contributed by atoms with Crippen molar-refractivity contribution in [2.45, 2.75) is 9.79 Å². The second kappa shape index (κ2) is 10.6. The summed E-state index contributed by atoms with van der Waals surface area (Å²) in [6.45, 7) is -0.210. The van der Waals surface area contributed by atoms with Crippen LogP contribution in [0.5, 0.6) is 11.5 Å². The largest absolute Gasteiger partial charge is 0.495 e. The maximum atomic E-state index is 12.6. The lowest BCUT2D eigenvalue weighted by Gasteiger charge is -2.11. The van der Waals surface area contributed by atoms with E-state index >= 15 is 0 Å². The summed E-state index contributed by atoms with van der Waals surface area (Å²) in [7, 11) is -2.36. The number of hydrogen-bond donors (Lipinski definition) is 2. The molecule has 0 fully saturated rings. The lowest BCUT2D eigenvalue weighted by Crippen LogP contribution is -2.20. The molecule has 0 unspecified atom stereocenters. The van der Waals surface area contributed by atoms with Crippen molar-refractivity contribution < 1.29 is 22.7 Å². The Hall–Kier alpha value is -2.88. The predicted octanol–water partition coefficient (Wildman–Crippen LogP) is 4.89. The minimum absolute atomic E-state index is 0.0372. The average Bonchev–Trinajstić information content (AvgIpc) is 2.78. The van der Waals surface area contributed by atoms with Crippen LogP contribution in [0.15, 0.2) is 76.5 Å². The highest BCUT2D eigenvalue weighted by Gasteiger charge is 2.15. The summed E-state index contributed by atoms with van der Waals surface area (Å²) in [6.07, 6.45) is 1.95. The van der Waals surface area contributed by atoms with Crippen molar-refractivity contribution in [2.75, 3.05) is 30.0 Å². The molecule has 168 valence electrons. The molecule has 0 saturated heterocycles. The fraction of sp³-hybridized carbons (Fsp3) is 0.136. The molecule has 3 aromatic rings. The Balaban J connectivity index is 1.59. The predicted molar refractivity (Wildman–Crippen MR) is 128 cm³/mol. The lowest BCUT2D eigenvalue weighted by atomic mass is 10.3. The van der Waals surface area contributed by atoms with Gasteiger partial charge in [-0.2, -0.15) is 0 Å². The topological polar surface area (TPSA) is 93.7 Å². The van der Waals surface area contributed by atoms with Gasteiger partial charge < -0.3 is 14.8 Å². The van der Waals surface area contributed by atoms with Crippen LogP contribution in [0.1, 0.15) is 0 Å². The van der Waals surface area contributed by atoms with Crippen molar-refractivity contribution in [3.8, 4) is 11.5 Å². The minimum atomic E-state index is -3.83. The van der Waals surface area contributed by atoms with Gasteiger partial charge in [0.15, 0.2) is 6.61 Å². The number of carbonyl (C=O) groups excluding carboxylic acids is 1. The Morgan fingerprint density at radius 2 is 1.78 bits per heavy atom. The van der Waals surface area contributed by atoms with E-state index in [1.165, 1.54) is 37.4 Å². The molecule has 0 spiro atoms. The molecule has 0 bridgehead atoms. The van der Waals surface area contributed by atoms with E-state index < -0.39 is 10.0 Å². The smallest absolute Gasteiger partial charge is 0.262 e. The Bertz CT molecular complexity index is 1200. The van der Waals surface area contributed by atoms with Crippen LogP contribution in [0.25, 0.3) is 0 Å². The van der Waals surface area contributed by atoms with Crippen LogP contribution in [0, 0.1) is 0 Å². The highest BCUT2D eigenvalue weighted by Crippen LogP contribution is 2.28. The average molecular weight is 493 g/mol. The van der Waals surface area contributed by atoms with E-state index in [9.17, 15) is 13.2 Å². The zero-order valence-electron chi connectivity index (χ0n) is 17.3. The molecule has 0 aliphatic rings. The molecule has 0 atom stereocenters. The minimum Gasteiger partial charge on any atom is -0.495 e. The van der Waals surface area contributed by atoms with E-state index in [4.69, 9.17) is 21.1 Å². The number of methoxy groups -OCH3 is 1. The van der Waals surface area contributed by atoms with Gasteiger partial charge in [-0.1, -0.05) is 17.7 Å². The highest BCUT2D eigenvalue weighted by molar-refractivity contribution is 7.98. The summed E-state index contributed by atoms with van der Waals surface area (Å²) in [4.78, 5) is 13.2. The Kier molecular flexibility index (Phi) is 7.89. The van der Waals surface area contributed by atoms with Crippen molar-refractivity contribution in [3.63, 3.8) is 0 Å². The van der Waals surface area contributed by atoms with Gasteiger partial charge in [0.05, 0.1) is 22.7 Å². The van der Waals surface area contributed by atoms with E-state index in [0.717, 1.165) is 4.90 Å². The van der Waals surface area contributed by atoms with Crippen LogP contribution < -0.4 is 19.5 Å². The Labute approximate surface area is 196 Å². The standard InChI is InChI=1S/C22H21ClN2O5S2/c1-29-21-11-6-16(13-20(21)23)25-32(27,28)19-9-7-17(8-10-19)30-14-22(26)24-15-4-3-5-18(12-15)31-2/h3-13,25H,14H2,1-2H3,(H,24,26). The first-order valence-corrected chi connectivity index (χ1v) is 12.4. The first kappa shape index (κ1) is 23.8. The quantitative estimate of drug-likeness (QED) is 0.413. The molecular formula is C22H21ClN2O5S2. The molecule has 3 aromatic carbocycles. The third kappa shape index (κ3) is 6.32. The number of benzene rings is 3. The zero-order chi connectivity index (χ0) is 23.1. The number of thioether (sulfide) groups is 1. The van der Waals surface area contributed by atoms with Gasteiger partial charge in [0.1, 0.15) is 11.5 Å². The van der Waals surface area contributed by atoms with Crippen molar-refractivity contribution in [2.24, 2.45) is 0 Å². The Morgan fingerprint density at radius 3 is 2.44 bits per heavy atom. The van der Waals surface area contributed by atoms with E-state index in [0.29, 0.717) is 22.9 Å². The van der Waals surface area contributed by atoms with Gasteiger partial charge in [-0.25, -0.2) is 8.42 Å². The SMILES string of the molecule is COc1ccc(NS(=O)(=O)c2ccc(OCC(=O)Nc3cccc(SC)c3)cc2)cc1Cl. The molecule has 2 N–H and O–H groups in total. The van der Waals surface area contributed by atoms with E-state index in [1.54, 1.807) is 30.0 Å². The molecule has 32 heavy (non-hydrogen) atoms.